The van der Waals surface area contributed by atoms with Crippen LogP contribution < -0.4 is 0 Å². The van der Waals surface area contributed by atoms with Crippen molar-refractivity contribution in [2.75, 3.05) is 6.26 Å². The summed E-state index contributed by atoms with van der Waals surface area (Å²) in [7, 11) is 0.792. The molecule has 1 heterocycles. The van der Waals surface area contributed by atoms with E-state index < -0.39 is 10.8 Å². The zero-order chi connectivity index (χ0) is 9.30. The predicted molar refractivity (Wildman–Crippen MR) is 47.4 cm³/mol. The number of aromatic nitrogens is 3. The average Bonchev–Trinajstić information content (AvgIpc) is 2.30. The van der Waals surface area contributed by atoms with Gasteiger partial charge in [-0.2, -0.15) is 0 Å². The van der Waals surface area contributed by atoms with Crippen LogP contribution in [0.25, 0.3) is 0 Å². The molecule has 0 bridgehead atoms. The first-order valence-electron chi connectivity index (χ1n) is 3.76. The van der Waals surface area contributed by atoms with Gasteiger partial charge in [-0.1, -0.05) is 13.8 Å². The van der Waals surface area contributed by atoms with Crippen molar-refractivity contribution in [2.24, 2.45) is 7.05 Å². The van der Waals surface area contributed by atoms with E-state index in [1.807, 2.05) is 20.9 Å². The van der Waals surface area contributed by atoms with Crippen LogP contribution in [0.4, 0.5) is 0 Å². The van der Waals surface area contributed by atoms with Crippen LogP contribution in [-0.4, -0.2) is 25.2 Å². The Bertz CT molecular complexity index is 306. The Morgan fingerprint density at radius 2 is 2.00 bits per heavy atom. The van der Waals surface area contributed by atoms with Gasteiger partial charge in [-0.3, -0.25) is 4.21 Å². The van der Waals surface area contributed by atoms with Gasteiger partial charge in [0.1, 0.15) is 5.82 Å². The van der Waals surface area contributed by atoms with E-state index in [0.29, 0.717) is 11.1 Å². The summed E-state index contributed by atoms with van der Waals surface area (Å²) in [5.74, 6) is 1.19. The van der Waals surface area contributed by atoms with Crippen molar-refractivity contribution in [3.05, 3.63) is 5.82 Å². The van der Waals surface area contributed by atoms with Crippen LogP contribution in [0.5, 0.6) is 0 Å². The Labute approximate surface area is 74.5 Å². The molecule has 1 atom stereocenters. The normalized spacial score (nSPS) is 13.8. The summed E-state index contributed by atoms with van der Waals surface area (Å²) in [6.45, 7) is 4.07. The first-order valence-corrected chi connectivity index (χ1v) is 5.32. The van der Waals surface area contributed by atoms with E-state index >= 15 is 0 Å². The highest BCUT2D eigenvalue weighted by Crippen LogP contribution is 2.12. The molecule has 1 unspecified atom stereocenters. The summed E-state index contributed by atoms with van der Waals surface area (Å²) in [4.78, 5) is 0. The summed E-state index contributed by atoms with van der Waals surface area (Å²) in [6.07, 6.45) is 1.61. The highest BCUT2D eigenvalue weighted by atomic mass is 32.2. The third kappa shape index (κ3) is 1.55. The van der Waals surface area contributed by atoms with Gasteiger partial charge in [-0.15, -0.1) is 10.2 Å². The molecule has 0 saturated carbocycles. The maximum atomic E-state index is 11.1. The van der Waals surface area contributed by atoms with E-state index in [1.165, 1.54) is 0 Å². The summed E-state index contributed by atoms with van der Waals surface area (Å²) in [5, 5.41) is 8.35. The molecule has 68 valence electrons. The summed E-state index contributed by atoms with van der Waals surface area (Å²) in [6, 6.07) is 0. The summed E-state index contributed by atoms with van der Waals surface area (Å²) < 4.78 is 12.9. The van der Waals surface area contributed by atoms with Gasteiger partial charge >= 0.3 is 0 Å². The maximum Gasteiger partial charge on any atom is 0.221 e. The lowest BCUT2D eigenvalue weighted by Crippen LogP contribution is -2.04. The lowest BCUT2D eigenvalue weighted by atomic mass is 10.2. The molecule has 4 nitrogen and oxygen atoms in total. The van der Waals surface area contributed by atoms with Crippen LogP contribution in [0.3, 0.4) is 0 Å². The van der Waals surface area contributed by atoms with Gasteiger partial charge in [-0.05, 0) is 0 Å². The molecule has 0 aliphatic carbocycles. The molecule has 0 amide bonds. The lowest BCUT2D eigenvalue weighted by molar-refractivity contribution is 0.651. The Balaban J connectivity index is 3.13. The SMILES string of the molecule is CC(C)c1nnc(S(C)=O)n1C. The number of rotatable bonds is 2. The van der Waals surface area contributed by atoms with E-state index in [1.54, 1.807) is 10.8 Å². The van der Waals surface area contributed by atoms with Gasteiger partial charge < -0.3 is 4.57 Å². The molecule has 1 aromatic rings. The molecule has 12 heavy (non-hydrogen) atoms. The Hall–Kier alpha value is -0.710. The molecule has 1 aromatic heterocycles. The molecule has 0 N–H and O–H groups in total. The van der Waals surface area contributed by atoms with Crippen molar-refractivity contribution in [1.29, 1.82) is 0 Å². The quantitative estimate of drug-likeness (QED) is 0.684. The van der Waals surface area contributed by atoms with Gasteiger partial charge in [0.05, 0.1) is 10.8 Å². The first-order chi connectivity index (χ1) is 5.54. The molecule has 1 rings (SSSR count). The largest absolute Gasteiger partial charge is 0.307 e. The minimum absolute atomic E-state index is 0.319. The lowest BCUT2D eigenvalue weighted by Gasteiger charge is -2.03. The standard InChI is InChI=1S/C7H13N3OS/c1-5(2)6-8-9-7(10(6)3)12(4)11/h5H,1-4H3. The van der Waals surface area contributed by atoms with E-state index in [4.69, 9.17) is 0 Å². The zero-order valence-electron chi connectivity index (χ0n) is 7.74. The van der Waals surface area contributed by atoms with Crippen LogP contribution in [0.2, 0.25) is 0 Å². The fourth-order valence-electron chi connectivity index (χ4n) is 1.08. The van der Waals surface area contributed by atoms with Crippen LogP contribution in [0.1, 0.15) is 25.6 Å². The highest BCUT2D eigenvalue weighted by Gasteiger charge is 2.13. The molecular formula is C7H13N3OS. The molecular weight excluding hydrogens is 174 g/mol. The molecule has 0 fully saturated rings. The average molecular weight is 187 g/mol. The molecule has 0 spiro atoms. The van der Waals surface area contributed by atoms with Crippen LogP contribution in [0, 0.1) is 0 Å². The number of hydrogen-bond acceptors (Lipinski definition) is 3. The maximum absolute atomic E-state index is 11.1. The van der Waals surface area contributed by atoms with E-state index in [-0.39, 0.29) is 0 Å². The van der Waals surface area contributed by atoms with Crippen LogP contribution >= 0.6 is 0 Å². The number of hydrogen-bond donors (Lipinski definition) is 0. The summed E-state index contributed by atoms with van der Waals surface area (Å²) >= 11 is 0. The van der Waals surface area contributed by atoms with Crippen molar-refractivity contribution >= 4 is 10.8 Å². The van der Waals surface area contributed by atoms with Crippen molar-refractivity contribution in [3.63, 3.8) is 0 Å². The van der Waals surface area contributed by atoms with Gasteiger partial charge in [0, 0.05) is 19.2 Å². The molecule has 0 aliphatic heterocycles. The Kier molecular flexibility index (Phi) is 2.62. The molecule has 0 aromatic carbocycles. The Morgan fingerprint density at radius 1 is 1.42 bits per heavy atom. The van der Waals surface area contributed by atoms with Crippen molar-refractivity contribution < 1.29 is 4.21 Å². The first kappa shape index (κ1) is 9.38. The van der Waals surface area contributed by atoms with Gasteiger partial charge in [-0.25, -0.2) is 0 Å². The second kappa shape index (κ2) is 3.35. The van der Waals surface area contributed by atoms with Crippen LogP contribution in [-0.2, 0) is 17.8 Å². The summed E-state index contributed by atoms with van der Waals surface area (Å²) in [5.41, 5.74) is 0. The Morgan fingerprint density at radius 3 is 2.25 bits per heavy atom. The smallest absolute Gasteiger partial charge is 0.221 e. The zero-order valence-corrected chi connectivity index (χ0v) is 8.55. The minimum Gasteiger partial charge on any atom is -0.307 e. The second-order valence-electron chi connectivity index (χ2n) is 3.01. The fraction of sp³-hybridized carbons (Fsp3) is 0.714. The second-order valence-corrected chi connectivity index (χ2v) is 4.28. The highest BCUT2D eigenvalue weighted by molar-refractivity contribution is 7.84. The fourth-order valence-corrected chi connectivity index (χ4v) is 1.71. The van der Waals surface area contributed by atoms with Crippen LogP contribution in [0.15, 0.2) is 5.16 Å². The molecule has 0 aliphatic rings. The monoisotopic (exact) mass is 187 g/mol. The molecule has 0 saturated heterocycles. The van der Waals surface area contributed by atoms with E-state index in [0.717, 1.165) is 5.82 Å². The third-order valence-electron chi connectivity index (χ3n) is 1.64. The number of nitrogens with zero attached hydrogens (tertiary/aromatic N) is 3. The van der Waals surface area contributed by atoms with Gasteiger partial charge in [0.25, 0.3) is 0 Å². The van der Waals surface area contributed by atoms with Gasteiger partial charge in [0.2, 0.25) is 5.16 Å². The molecule has 5 heteroatoms. The van der Waals surface area contributed by atoms with Crippen molar-refractivity contribution in [3.8, 4) is 0 Å². The van der Waals surface area contributed by atoms with E-state index in [9.17, 15) is 4.21 Å². The topological polar surface area (TPSA) is 47.8 Å². The predicted octanol–water partition coefficient (Wildman–Crippen LogP) is 0.676. The molecule has 0 radical (unpaired) electrons. The third-order valence-corrected chi connectivity index (χ3v) is 2.51. The minimum atomic E-state index is -1.05. The van der Waals surface area contributed by atoms with Crippen molar-refractivity contribution in [2.45, 2.75) is 24.9 Å². The van der Waals surface area contributed by atoms with E-state index in [2.05, 4.69) is 10.2 Å². The van der Waals surface area contributed by atoms with Gasteiger partial charge in [0.15, 0.2) is 0 Å². The van der Waals surface area contributed by atoms with Crippen molar-refractivity contribution in [1.82, 2.24) is 14.8 Å².